The number of nitrogens with one attached hydrogen (secondary N) is 1. The first kappa shape index (κ1) is 11.9. The molecule has 1 aliphatic rings. The predicted octanol–water partition coefficient (Wildman–Crippen LogP) is 2.19. The van der Waals surface area contributed by atoms with Crippen LogP contribution in [0.4, 0.5) is 0 Å². The largest absolute Gasteiger partial charge is 0.316 e. The summed E-state index contributed by atoms with van der Waals surface area (Å²) in [5.41, 5.74) is 2.13. The topological polar surface area (TPSA) is 37.8 Å². The van der Waals surface area contributed by atoms with Crippen molar-refractivity contribution in [2.75, 3.05) is 18.8 Å². The van der Waals surface area contributed by atoms with Crippen molar-refractivity contribution in [3.8, 4) is 0 Å². The van der Waals surface area contributed by atoms with E-state index in [0.717, 1.165) is 34.8 Å². The summed E-state index contributed by atoms with van der Waals surface area (Å²) >= 11 is 1.79. The molecule has 2 rings (SSSR count). The van der Waals surface area contributed by atoms with Crippen LogP contribution in [0.15, 0.2) is 11.2 Å². The number of aromatic nitrogens is 2. The summed E-state index contributed by atoms with van der Waals surface area (Å²) in [6.45, 7) is 6.39. The van der Waals surface area contributed by atoms with Crippen LogP contribution < -0.4 is 5.32 Å². The fraction of sp³-hybridized carbons (Fsp3) is 0.667. The highest BCUT2D eigenvalue weighted by atomic mass is 32.2. The normalized spacial score (nSPS) is 21.0. The molecule has 3 nitrogen and oxygen atoms in total. The van der Waals surface area contributed by atoms with Crippen LogP contribution in [-0.4, -0.2) is 28.8 Å². The van der Waals surface area contributed by atoms with E-state index in [1.54, 1.807) is 11.8 Å². The van der Waals surface area contributed by atoms with Gasteiger partial charge in [0.2, 0.25) is 0 Å². The maximum absolute atomic E-state index is 4.45. The molecule has 1 fully saturated rings. The van der Waals surface area contributed by atoms with Gasteiger partial charge in [-0.1, -0.05) is 11.8 Å². The number of aryl methyl sites for hydroxylation is 2. The Balaban J connectivity index is 1.88. The van der Waals surface area contributed by atoms with Crippen LogP contribution in [0, 0.1) is 19.8 Å². The Labute approximate surface area is 101 Å². The average Bonchev–Trinajstić information content (AvgIpc) is 2.27. The highest BCUT2D eigenvalue weighted by Crippen LogP contribution is 2.21. The van der Waals surface area contributed by atoms with Gasteiger partial charge in [0.25, 0.3) is 0 Å². The van der Waals surface area contributed by atoms with E-state index in [-0.39, 0.29) is 0 Å². The Morgan fingerprint density at radius 1 is 1.38 bits per heavy atom. The van der Waals surface area contributed by atoms with Crippen molar-refractivity contribution >= 4 is 11.8 Å². The summed E-state index contributed by atoms with van der Waals surface area (Å²) < 4.78 is 0. The lowest BCUT2D eigenvalue weighted by molar-refractivity contribution is 0.410. The van der Waals surface area contributed by atoms with E-state index in [0.29, 0.717) is 0 Å². The molecule has 16 heavy (non-hydrogen) atoms. The minimum absolute atomic E-state index is 0.781. The minimum atomic E-state index is 0.781. The third-order valence-electron chi connectivity index (χ3n) is 2.81. The average molecular weight is 237 g/mol. The maximum atomic E-state index is 4.45. The van der Waals surface area contributed by atoms with Crippen LogP contribution in [0.1, 0.15) is 24.2 Å². The number of rotatable bonds is 3. The molecule has 0 bridgehead atoms. The molecule has 2 heterocycles. The first-order valence-corrected chi connectivity index (χ1v) is 6.88. The van der Waals surface area contributed by atoms with E-state index >= 15 is 0 Å². The molecule has 0 radical (unpaired) electrons. The number of hydrogen-bond acceptors (Lipinski definition) is 4. The molecule has 1 atom stereocenters. The van der Waals surface area contributed by atoms with Gasteiger partial charge in [-0.25, -0.2) is 9.97 Å². The van der Waals surface area contributed by atoms with Gasteiger partial charge in [-0.3, -0.25) is 0 Å². The van der Waals surface area contributed by atoms with Crippen molar-refractivity contribution in [2.24, 2.45) is 5.92 Å². The molecular weight excluding hydrogens is 218 g/mol. The molecule has 0 aromatic carbocycles. The van der Waals surface area contributed by atoms with Crippen molar-refractivity contribution in [3.63, 3.8) is 0 Å². The van der Waals surface area contributed by atoms with Gasteiger partial charge in [-0.15, -0.1) is 0 Å². The second kappa shape index (κ2) is 5.64. The third kappa shape index (κ3) is 3.46. The molecule has 1 aromatic rings. The summed E-state index contributed by atoms with van der Waals surface area (Å²) in [5, 5.41) is 4.37. The first-order chi connectivity index (χ1) is 7.74. The number of thioether (sulfide) groups is 1. The van der Waals surface area contributed by atoms with Crippen LogP contribution >= 0.6 is 11.8 Å². The summed E-state index contributed by atoms with van der Waals surface area (Å²) in [6.07, 6.45) is 2.64. The zero-order chi connectivity index (χ0) is 11.4. The van der Waals surface area contributed by atoms with Crippen molar-refractivity contribution < 1.29 is 0 Å². The minimum Gasteiger partial charge on any atom is -0.316 e. The number of hydrogen-bond donors (Lipinski definition) is 1. The Hall–Kier alpha value is -0.610. The second-order valence-electron chi connectivity index (χ2n) is 4.46. The van der Waals surface area contributed by atoms with Gasteiger partial charge in [0.05, 0.1) is 0 Å². The predicted molar refractivity (Wildman–Crippen MR) is 67.8 cm³/mol. The van der Waals surface area contributed by atoms with Crippen LogP contribution in [0.3, 0.4) is 0 Å². The Morgan fingerprint density at radius 2 is 2.12 bits per heavy atom. The SMILES string of the molecule is Cc1cc(C)nc(SC[C@H]2CCCNC2)n1. The molecule has 1 aromatic heterocycles. The van der Waals surface area contributed by atoms with Crippen molar-refractivity contribution in [1.29, 1.82) is 0 Å². The fourth-order valence-corrected chi connectivity index (χ4v) is 3.10. The lowest BCUT2D eigenvalue weighted by Crippen LogP contribution is -2.30. The van der Waals surface area contributed by atoms with Crippen LogP contribution in [0.25, 0.3) is 0 Å². The maximum Gasteiger partial charge on any atom is 0.187 e. The van der Waals surface area contributed by atoms with Gasteiger partial charge in [-0.05, 0) is 51.8 Å². The van der Waals surface area contributed by atoms with Gasteiger partial charge < -0.3 is 5.32 Å². The Kier molecular flexibility index (Phi) is 4.18. The summed E-state index contributed by atoms with van der Waals surface area (Å²) in [4.78, 5) is 8.90. The van der Waals surface area contributed by atoms with E-state index in [4.69, 9.17) is 0 Å². The fourth-order valence-electron chi connectivity index (χ4n) is 2.02. The number of nitrogens with zero attached hydrogens (tertiary/aromatic N) is 2. The standard InChI is InChI=1S/C12H19N3S/c1-9-6-10(2)15-12(14-9)16-8-11-4-3-5-13-7-11/h6,11,13H,3-5,7-8H2,1-2H3/t11-/m0/s1. The van der Waals surface area contributed by atoms with Gasteiger partial charge in [0, 0.05) is 17.1 Å². The number of piperidine rings is 1. The molecule has 0 aliphatic carbocycles. The Bertz CT molecular complexity index is 328. The van der Waals surface area contributed by atoms with Gasteiger partial charge in [0.15, 0.2) is 5.16 Å². The van der Waals surface area contributed by atoms with Crippen LogP contribution in [0.2, 0.25) is 0 Å². The molecular formula is C12H19N3S. The van der Waals surface area contributed by atoms with E-state index in [1.807, 2.05) is 19.9 Å². The van der Waals surface area contributed by atoms with E-state index in [2.05, 4.69) is 15.3 Å². The molecule has 88 valence electrons. The van der Waals surface area contributed by atoms with Gasteiger partial charge >= 0.3 is 0 Å². The highest BCUT2D eigenvalue weighted by Gasteiger charge is 2.13. The molecule has 0 spiro atoms. The highest BCUT2D eigenvalue weighted by molar-refractivity contribution is 7.99. The third-order valence-corrected chi connectivity index (χ3v) is 3.89. The Morgan fingerprint density at radius 3 is 2.75 bits per heavy atom. The monoisotopic (exact) mass is 237 g/mol. The van der Waals surface area contributed by atoms with Gasteiger partial charge in [0.1, 0.15) is 0 Å². The van der Waals surface area contributed by atoms with Crippen LogP contribution in [0.5, 0.6) is 0 Å². The van der Waals surface area contributed by atoms with Crippen LogP contribution in [-0.2, 0) is 0 Å². The van der Waals surface area contributed by atoms with E-state index < -0.39 is 0 Å². The molecule has 0 saturated carbocycles. The van der Waals surface area contributed by atoms with Crippen molar-refractivity contribution in [1.82, 2.24) is 15.3 Å². The van der Waals surface area contributed by atoms with Crippen molar-refractivity contribution in [2.45, 2.75) is 31.8 Å². The molecule has 0 amide bonds. The molecule has 1 saturated heterocycles. The second-order valence-corrected chi connectivity index (χ2v) is 5.44. The molecule has 4 heteroatoms. The lowest BCUT2D eigenvalue weighted by Gasteiger charge is -2.21. The van der Waals surface area contributed by atoms with E-state index in [9.17, 15) is 0 Å². The summed E-state index contributed by atoms with van der Waals surface area (Å²) in [6, 6.07) is 2.02. The van der Waals surface area contributed by atoms with Crippen molar-refractivity contribution in [3.05, 3.63) is 17.5 Å². The molecule has 0 unspecified atom stereocenters. The lowest BCUT2D eigenvalue weighted by atomic mass is 10.0. The first-order valence-electron chi connectivity index (χ1n) is 5.90. The quantitative estimate of drug-likeness (QED) is 0.646. The zero-order valence-corrected chi connectivity index (χ0v) is 10.8. The van der Waals surface area contributed by atoms with Gasteiger partial charge in [-0.2, -0.15) is 0 Å². The molecule has 1 N–H and O–H groups in total. The van der Waals surface area contributed by atoms with E-state index in [1.165, 1.54) is 19.4 Å². The smallest absolute Gasteiger partial charge is 0.187 e. The zero-order valence-electron chi connectivity index (χ0n) is 9.99. The molecule has 1 aliphatic heterocycles. The summed E-state index contributed by atoms with van der Waals surface area (Å²) in [7, 11) is 0. The summed E-state index contributed by atoms with van der Waals surface area (Å²) in [5.74, 6) is 1.92.